The summed E-state index contributed by atoms with van der Waals surface area (Å²) in [5.74, 6) is 0.175. The molecule has 0 radical (unpaired) electrons. The SMILES string of the molecule is Nc1ccc2c(c1)CCC2NC(=O)c1ccco1. The van der Waals surface area contributed by atoms with Crippen LogP contribution in [0.1, 0.15) is 34.1 Å². The molecule has 1 unspecified atom stereocenters. The van der Waals surface area contributed by atoms with Gasteiger partial charge in [-0.25, -0.2) is 0 Å². The summed E-state index contributed by atoms with van der Waals surface area (Å²) in [6.07, 6.45) is 3.35. The highest BCUT2D eigenvalue weighted by molar-refractivity contribution is 5.91. The van der Waals surface area contributed by atoms with Crippen molar-refractivity contribution in [1.82, 2.24) is 5.32 Å². The van der Waals surface area contributed by atoms with E-state index < -0.39 is 0 Å². The van der Waals surface area contributed by atoms with Gasteiger partial charge in [0.1, 0.15) is 0 Å². The van der Waals surface area contributed by atoms with Crippen LogP contribution in [0, 0.1) is 0 Å². The quantitative estimate of drug-likeness (QED) is 0.794. The maximum absolute atomic E-state index is 11.9. The van der Waals surface area contributed by atoms with Crippen molar-refractivity contribution in [3.8, 4) is 0 Å². The van der Waals surface area contributed by atoms with E-state index >= 15 is 0 Å². The lowest BCUT2D eigenvalue weighted by molar-refractivity contribution is 0.0908. The number of furan rings is 1. The van der Waals surface area contributed by atoms with Gasteiger partial charge in [0, 0.05) is 5.69 Å². The summed E-state index contributed by atoms with van der Waals surface area (Å²) < 4.78 is 5.08. The van der Waals surface area contributed by atoms with E-state index in [9.17, 15) is 4.79 Å². The van der Waals surface area contributed by atoms with Gasteiger partial charge in [0.05, 0.1) is 12.3 Å². The molecule has 4 nitrogen and oxygen atoms in total. The van der Waals surface area contributed by atoms with Crippen molar-refractivity contribution in [2.45, 2.75) is 18.9 Å². The number of benzene rings is 1. The van der Waals surface area contributed by atoms with Crippen LogP contribution in [0.2, 0.25) is 0 Å². The van der Waals surface area contributed by atoms with E-state index in [0.29, 0.717) is 5.76 Å². The van der Waals surface area contributed by atoms with E-state index in [-0.39, 0.29) is 11.9 Å². The zero-order chi connectivity index (χ0) is 12.5. The molecule has 1 aliphatic rings. The first-order valence-corrected chi connectivity index (χ1v) is 5.97. The number of fused-ring (bicyclic) bond motifs is 1. The van der Waals surface area contributed by atoms with Gasteiger partial charge in [-0.3, -0.25) is 4.79 Å². The Hall–Kier alpha value is -2.23. The molecule has 0 spiro atoms. The fraction of sp³-hybridized carbons (Fsp3) is 0.214. The summed E-state index contributed by atoms with van der Waals surface area (Å²) >= 11 is 0. The third-order valence-electron chi connectivity index (χ3n) is 3.30. The lowest BCUT2D eigenvalue weighted by atomic mass is 10.1. The molecule has 1 aliphatic carbocycles. The molecule has 0 aliphatic heterocycles. The molecule has 0 fully saturated rings. The lowest BCUT2D eigenvalue weighted by Crippen LogP contribution is -2.26. The summed E-state index contributed by atoms with van der Waals surface area (Å²) in [6, 6.07) is 9.26. The van der Waals surface area contributed by atoms with E-state index in [4.69, 9.17) is 10.2 Å². The monoisotopic (exact) mass is 242 g/mol. The zero-order valence-corrected chi connectivity index (χ0v) is 9.85. The molecule has 0 bridgehead atoms. The topological polar surface area (TPSA) is 68.3 Å². The minimum atomic E-state index is -0.172. The van der Waals surface area contributed by atoms with Crippen LogP contribution >= 0.6 is 0 Å². The summed E-state index contributed by atoms with van der Waals surface area (Å²) in [4.78, 5) is 11.9. The standard InChI is InChI=1S/C14H14N2O2/c15-10-4-5-11-9(8-10)3-6-12(11)16-14(17)13-2-1-7-18-13/h1-2,4-5,7-8,12H,3,6,15H2,(H,16,17). The van der Waals surface area contributed by atoms with Crippen molar-refractivity contribution in [3.05, 3.63) is 53.5 Å². The van der Waals surface area contributed by atoms with E-state index in [2.05, 4.69) is 5.32 Å². The molecule has 0 saturated heterocycles. The third kappa shape index (κ3) is 1.86. The average Bonchev–Trinajstić information content (AvgIpc) is 2.98. The second kappa shape index (κ2) is 4.22. The molecule has 3 rings (SSSR count). The number of anilines is 1. The van der Waals surface area contributed by atoms with Gasteiger partial charge in [-0.05, 0) is 48.2 Å². The summed E-state index contributed by atoms with van der Waals surface area (Å²) in [5, 5.41) is 2.98. The second-order valence-electron chi connectivity index (χ2n) is 4.50. The molecule has 4 heteroatoms. The first kappa shape index (κ1) is 10.9. The molecular weight excluding hydrogens is 228 g/mol. The molecule has 1 aromatic heterocycles. The highest BCUT2D eigenvalue weighted by Crippen LogP contribution is 2.32. The Kier molecular flexibility index (Phi) is 2.55. The minimum absolute atomic E-state index is 0.0539. The van der Waals surface area contributed by atoms with E-state index in [0.717, 1.165) is 24.1 Å². The summed E-state index contributed by atoms with van der Waals surface area (Å²) in [6.45, 7) is 0. The first-order chi connectivity index (χ1) is 8.74. The van der Waals surface area contributed by atoms with Crippen molar-refractivity contribution < 1.29 is 9.21 Å². The highest BCUT2D eigenvalue weighted by Gasteiger charge is 2.24. The van der Waals surface area contributed by atoms with Crippen molar-refractivity contribution in [2.75, 3.05) is 5.73 Å². The molecule has 92 valence electrons. The Morgan fingerprint density at radius 1 is 1.39 bits per heavy atom. The number of nitrogen functional groups attached to an aromatic ring is 1. The molecular formula is C14H14N2O2. The molecule has 1 atom stereocenters. The van der Waals surface area contributed by atoms with Crippen LogP contribution in [0.25, 0.3) is 0 Å². The smallest absolute Gasteiger partial charge is 0.287 e. The number of hydrogen-bond donors (Lipinski definition) is 2. The number of nitrogens with two attached hydrogens (primary N) is 1. The van der Waals surface area contributed by atoms with Gasteiger partial charge in [-0.1, -0.05) is 6.07 Å². The van der Waals surface area contributed by atoms with Gasteiger partial charge < -0.3 is 15.5 Å². The maximum Gasteiger partial charge on any atom is 0.287 e. The van der Waals surface area contributed by atoms with Crippen LogP contribution in [-0.4, -0.2) is 5.91 Å². The Morgan fingerprint density at radius 3 is 3.06 bits per heavy atom. The van der Waals surface area contributed by atoms with E-state index in [1.165, 1.54) is 11.8 Å². The normalized spacial score (nSPS) is 17.4. The number of hydrogen-bond acceptors (Lipinski definition) is 3. The van der Waals surface area contributed by atoms with Gasteiger partial charge in [0.2, 0.25) is 0 Å². The molecule has 1 heterocycles. The van der Waals surface area contributed by atoms with E-state index in [1.807, 2.05) is 18.2 Å². The van der Waals surface area contributed by atoms with Gasteiger partial charge in [0.25, 0.3) is 5.91 Å². The Morgan fingerprint density at radius 2 is 2.28 bits per heavy atom. The molecule has 3 N–H and O–H groups in total. The molecule has 2 aromatic rings. The number of carbonyl (C=O) groups is 1. The first-order valence-electron chi connectivity index (χ1n) is 5.97. The zero-order valence-electron chi connectivity index (χ0n) is 9.85. The fourth-order valence-corrected chi connectivity index (χ4v) is 2.42. The minimum Gasteiger partial charge on any atom is -0.459 e. The fourth-order valence-electron chi connectivity index (χ4n) is 2.42. The summed E-state index contributed by atoms with van der Waals surface area (Å²) in [5.41, 5.74) is 8.90. The predicted octanol–water partition coefficient (Wildman–Crippen LogP) is 2.28. The number of nitrogens with one attached hydrogen (secondary N) is 1. The van der Waals surface area contributed by atoms with Crippen LogP contribution < -0.4 is 11.1 Å². The van der Waals surface area contributed by atoms with Gasteiger partial charge in [-0.15, -0.1) is 0 Å². The Bertz CT molecular complexity index is 575. The number of carbonyl (C=O) groups excluding carboxylic acids is 1. The van der Waals surface area contributed by atoms with Gasteiger partial charge in [0.15, 0.2) is 5.76 Å². The number of aryl methyl sites for hydroxylation is 1. The highest BCUT2D eigenvalue weighted by atomic mass is 16.3. The van der Waals surface area contributed by atoms with Crippen molar-refractivity contribution in [1.29, 1.82) is 0 Å². The Balaban J connectivity index is 1.79. The number of rotatable bonds is 2. The number of amides is 1. The van der Waals surface area contributed by atoms with Crippen LogP contribution in [0.5, 0.6) is 0 Å². The van der Waals surface area contributed by atoms with Crippen LogP contribution in [-0.2, 0) is 6.42 Å². The maximum atomic E-state index is 11.9. The second-order valence-corrected chi connectivity index (χ2v) is 4.50. The average molecular weight is 242 g/mol. The summed E-state index contributed by atoms with van der Waals surface area (Å²) in [7, 11) is 0. The largest absolute Gasteiger partial charge is 0.459 e. The van der Waals surface area contributed by atoms with Crippen molar-refractivity contribution in [2.24, 2.45) is 0 Å². The third-order valence-corrected chi connectivity index (χ3v) is 3.30. The van der Waals surface area contributed by atoms with Crippen LogP contribution in [0.15, 0.2) is 41.0 Å². The molecule has 1 amide bonds. The van der Waals surface area contributed by atoms with Crippen molar-refractivity contribution >= 4 is 11.6 Å². The Labute approximate surface area is 105 Å². The van der Waals surface area contributed by atoms with Gasteiger partial charge >= 0.3 is 0 Å². The molecule has 18 heavy (non-hydrogen) atoms. The molecule has 0 saturated carbocycles. The van der Waals surface area contributed by atoms with Crippen LogP contribution in [0.4, 0.5) is 5.69 Å². The van der Waals surface area contributed by atoms with E-state index in [1.54, 1.807) is 12.1 Å². The van der Waals surface area contributed by atoms with Gasteiger partial charge in [-0.2, -0.15) is 0 Å². The molecule has 1 aromatic carbocycles. The lowest BCUT2D eigenvalue weighted by Gasteiger charge is -2.13. The predicted molar refractivity (Wildman–Crippen MR) is 68.1 cm³/mol. The van der Waals surface area contributed by atoms with Crippen LogP contribution in [0.3, 0.4) is 0 Å². The van der Waals surface area contributed by atoms with Crippen molar-refractivity contribution in [3.63, 3.8) is 0 Å².